The number of aliphatic hydroxyl groups is 1. The van der Waals surface area contributed by atoms with Gasteiger partial charge in [-0.2, -0.15) is 0 Å². The lowest BCUT2D eigenvalue weighted by atomic mass is 9.34. The van der Waals surface area contributed by atoms with Crippen molar-refractivity contribution in [2.24, 2.45) is 34.0 Å². The number of piperidine rings is 1. The predicted octanol–water partition coefficient (Wildman–Crippen LogP) is 3.58. The summed E-state index contributed by atoms with van der Waals surface area (Å²) in [7, 11) is 0. The molecule has 0 aromatic carbocycles. The van der Waals surface area contributed by atoms with Gasteiger partial charge in [0.15, 0.2) is 0 Å². The van der Waals surface area contributed by atoms with Crippen molar-refractivity contribution in [1.29, 1.82) is 0 Å². The van der Waals surface area contributed by atoms with Gasteiger partial charge in [0.25, 0.3) is 0 Å². The Balaban J connectivity index is 1.53. The van der Waals surface area contributed by atoms with Crippen LogP contribution in [0.4, 0.5) is 0 Å². The second kappa shape index (κ2) is 4.72. The molecule has 25 heavy (non-hydrogen) atoms. The van der Waals surface area contributed by atoms with Gasteiger partial charge in [0.05, 0.1) is 12.7 Å². The van der Waals surface area contributed by atoms with Crippen LogP contribution in [-0.2, 0) is 4.74 Å². The van der Waals surface area contributed by atoms with Crippen molar-refractivity contribution in [3.8, 4) is 0 Å². The minimum atomic E-state index is -0.259. The van der Waals surface area contributed by atoms with Gasteiger partial charge < -0.3 is 9.84 Å². The second-order valence-corrected chi connectivity index (χ2v) is 10.6. The molecule has 2 heterocycles. The Morgan fingerprint density at radius 2 is 2.00 bits per heavy atom. The number of fused-ring (bicyclic) bond motifs is 3. The number of hydrogen-bond acceptors (Lipinski definition) is 3. The summed E-state index contributed by atoms with van der Waals surface area (Å²) < 4.78 is 6.49. The van der Waals surface area contributed by atoms with Crippen molar-refractivity contribution in [3.63, 3.8) is 0 Å². The fourth-order valence-electron chi connectivity index (χ4n) is 9.23. The topological polar surface area (TPSA) is 32.7 Å². The summed E-state index contributed by atoms with van der Waals surface area (Å²) in [4.78, 5) is 2.69. The maximum atomic E-state index is 11.3. The fourth-order valence-corrected chi connectivity index (χ4v) is 9.23. The van der Waals surface area contributed by atoms with Crippen LogP contribution in [0.25, 0.3) is 0 Å². The Morgan fingerprint density at radius 3 is 2.88 bits per heavy atom. The van der Waals surface area contributed by atoms with Gasteiger partial charge in [-0.25, -0.2) is 0 Å². The molecule has 5 saturated carbocycles. The quantitative estimate of drug-likeness (QED) is 0.683. The minimum absolute atomic E-state index is 0.107. The first-order chi connectivity index (χ1) is 12.0. The number of nitrogens with zero attached hydrogens (tertiary/aromatic N) is 1. The third-order valence-electron chi connectivity index (χ3n) is 10.00. The molecule has 2 aliphatic heterocycles. The predicted molar refractivity (Wildman–Crippen MR) is 96.8 cm³/mol. The van der Waals surface area contributed by atoms with Crippen molar-refractivity contribution >= 4 is 0 Å². The van der Waals surface area contributed by atoms with E-state index in [-0.39, 0.29) is 11.5 Å². The van der Waals surface area contributed by atoms with Crippen LogP contribution in [0.2, 0.25) is 0 Å². The van der Waals surface area contributed by atoms with Gasteiger partial charge in [0.2, 0.25) is 0 Å². The third kappa shape index (κ3) is 1.62. The van der Waals surface area contributed by atoms with Gasteiger partial charge in [-0.1, -0.05) is 19.9 Å². The zero-order chi connectivity index (χ0) is 17.0. The highest BCUT2D eigenvalue weighted by Crippen LogP contribution is 2.75. The standard InChI is InChI=1S/C22H33NO2/c1-14-15-4-8-21(18(14)24)9-5-16-20(2)6-3-7-22(16,17(21)12-15)19-23(13-20)10-11-25-19/h15-19,24H,1,3-13H2,2H3/t15-,16+,17+,18+,19+,20-,21-,22-/m0/s1. The molecule has 3 heteroatoms. The average molecular weight is 344 g/mol. The Labute approximate surface area is 151 Å². The SMILES string of the molecule is C=C1[C@H]2CC[C@@]3(CC[C@@H]4[C@@]5(C)CCC[C@]4([C@@H]3C2)[C@H]2OCCN2C5)[C@@H]1O. The van der Waals surface area contributed by atoms with Gasteiger partial charge in [-0.3, -0.25) is 4.90 Å². The fraction of sp³-hybridized carbons (Fsp3) is 0.909. The van der Waals surface area contributed by atoms with Crippen molar-refractivity contribution in [2.75, 3.05) is 19.7 Å². The highest BCUT2D eigenvalue weighted by molar-refractivity contribution is 5.28. The van der Waals surface area contributed by atoms with Gasteiger partial charge in [0, 0.05) is 23.9 Å². The monoisotopic (exact) mass is 343 g/mol. The highest BCUT2D eigenvalue weighted by Gasteiger charge is 2.73. The molecular weight excluding hydrogens is 310 g/mol. The van der Waals surface area contributed by atoms with E-state index in [1.807, 2.05) is 0 Å². The zero-order valence-electron chi connectivity index (χ0n) is 15.7. The lowest BCUT2D eigenvalue weighted by Crippen LogP contribution is -2.73. The molecule has 0 aromatic heterocycles. The van der Waals surface area contributed by atoms with Gasteiger partial charge >= 0.3 is 0 Å². The minimum Gasteiger partial charge on any atom is -0.388 e. The van der Waals surface area contributed by atoms with Crippen LogP contribution in [0, 0.1) is 34.0 Å². The zero-order valence-corrected chi connectivity index (χ0v) is 15.7. The molecule has 138 valence electrons. The van der Waals surface area contributed by atoms with Crippen LogP contribution < -0.4 is 0 Å². The molecule has 5 aliphatic carbocycles. The van der Waals surface area contributed by atoms with E-state index in [0.29, 0.717) is 28.9 Å². The van der Waals surface area contributed by atoms with E-state index in [1.54, 1.807) is 0 Å². The normalized spacial score (nSPS) is 60.1. The van der Waals surface area contributed by atoms with E-state index in [4.69, 9.17) is 4.74 Å². The maximum Gasteiger partial charge on any atom is 0.117 e. The Morgan fingerprint density at radius 1 is 1.16 bits per heavy atom. The van der Waals surface area contributed by atoms with Crippen LogP contribution in [0.1, 0.15) is 58.3 Å². The van der Waals surface area contributed by atoms with E-state index in [0.717, 1.165) is 24.6 Å². The summed E-state index contributed by atoms with van der Waals surface area (Å²) in [6.07, 6.45) is 10.4. The first-order valence-corrected chi connectivity index (χ1v) is 10.7. The molecule has 1 spiro atoms. The van der Waals surface area contributed by atoms with E-state index >= 15 is 0 Å². The molecule has 8 atom stereocenters. The van der Waals surface area contributed by atoms with Crippen molar-refractivity contribution in [1.82, 2.24) is 4.90 Å². The Hall–Kier alpha value is -0.380. The first-order valence-electron chi connectivity index (χ1n) is 10.7. The number of ether oxygens (including phenoxy) is 1. The summed E-state index contributed by atoms with van der Waals surface area (Å²) in [5.41, 5.74) is 2.02. The summed E-state index contributed by atoms with van der Waals surface area (Å²) in [6.45, 7) is 10.2. The molecule has 0 radical (unpaired) electrons. The number of rotatable bonds is 0. The van der Waals surface area contributed by atoms with Gasteiger partial charge in [-0.15, -0.1) is 0 Å². The number of hydrogen-bond donors (Lipinski definition) is 1. The summed E-state index contributed by atoms with van der Waals surface area (Å²) in [5.74, 6) is 1.99. The average Bonchev–Trinajstić information content (AvgIpc) is 3.06. The first kappa shape index (κ1) is 15.7. The van der Waals surface area contributed by atoms with E-state index in [2.05, 4.69) is 18.4 Å². The summed E-state index contributed by atoms with van der Waals surface area (Å²) in [6, 6.07) is 0. The molecule has 7 fully saturated rings. The van der Waals surface area contributed by atoms with Crippen LogP contribution in [0.5, 0.6) is 0 Å². The second-order valence-electron chi connectivity index (χ2n) is 10.6. The van der Waals surface area contributed by atoms with Gasteiger partial charge in [-0.05, 0) is 73.7 Å². The maximum absolute atomic E-state index is 11.3. The van der Waals surface area contributed by atoms with Crippen molar-refractivity contribution in [3.05, 3.63) is 12.2 Å². The van der Waals surface area contributed by atoms with Crippen LogP contribution in [0.15, 0.2) is 12.2 Å². The molecule has 1 N–H and O–H groups in total. The van der Waals surface area contributed by atoms with E-state index < -0.39 is 0 Å². The lowest BCUT2D eigenvalue weighted by molar-refractivity contribution is -0.290. The smallest absolute Gasteiger partial charge is 0.117 e. The molecule has 7 aliphatic rings. The Bertz CT molecular complexity index is 634. The third-order valence-corrected chi connectivity index (χ3v) is 10.00. The lowest BCUT2D eigenvalue weighted by Gasteiger charge is -2.73. The van der Waals surface area contributed by atoms with Crippen LogP contribution in [0.3, 0.4) is 0 Å². The molecule has 4 bridgehead atoms. The highest BCUT2D eigenvalue weighted by atomic mass is 16.5. The van der Waals surface area contributed by atoms with Crippen LogP contribution in [-0.4, -0.2) is 42.0 Å². The molecular formula is C22H33NO2. The van der Waals surface area contributed by atoms with Gasteiger partial charge in [0.1, 0.15) is 6.23 Å². The van der Waals surface area contributed by atoms with E-state index in [1.165, 1.54) is 57.9 Å². The van der Waals surface area contributed by atoms with Crippen molar-refractivity contribution in [2.45, 2.75) is 70.6 Å². The molecule has 0 unspecified atom stereocenters. The largest absolute Gasteiger partial charge is 0.388 e. The Kier molecular flexibility index (Phi) is 2.95. The van der Waals surface area contributed by atoms with E-state index in [9.17, 15) is 5.11 Å². The molecule has 7 rings (SSSR count). The summed E-state index contributed by atoms with van der Waals surface area (Å²) >= 11 is 0. The molecule has 0 aromatic rings. The molecule has 2 saturated heterocycles. The molecule has 0 amide bonds. The number of aliphatic hydroxyl groups excluding tert-OH is 1. The van der Waals surface area contributed by atoms with Crippen molar-refractivity contribution < 1.29 is 9.84 Å². The molecule has 3 nitrogen and oxygen atoms in total. The van der Waals surface area contributed by atoms with Crippen LogP contribution >= 0.6 is 0 Å². The summed E-state index contributed by atoms with van der Waals surface area (Å²) in [5, 5.41) is 11.3.